The van der Waals surface area contributed by atoms with Crippen LogP contribution in [0.5, 0.6) is 0 Å². The number of Topliss-reactive ketones (excluding diaryl/α,β-unsaturated/α-hetero) is 1. The predicted molar refractivity (Wildman–Crippen MR) is 156 cm³/mol. The number of furan rings is 1. The average molecular weight is 574 g/mol. The standard InChI is InChI=1S/C31H32ClN5O4/c1-20-16-22-17-24(11-12-27(22)41-20)34-30(25(18-33)29(39)21-7-9-23(32)10-8-21)35-26-6-2-3-15-37(31(26)40)19-28(38)36-13-4-5-14-36/h7-12,16-17,26,34-35H,2-6,13-15,19H2,1H3/b30-25-/t26-/m0/s1. The molecule has 9 nitrogen and oxygen atoms in total. The van der Waals surface area contributed by atoms with E-state index in [1.807, 2.05) is 25.1 Å². The summed E-state index contributed by atoms with van der Waals surface area (Å²) in [6, 6.07) is 14.9. The van der Waals surface area contributed by atoms with Crippen LogP contribution in [0.4, 0.5) is 5.69 Å². The molecule has 2 amide bonds. The van der Waals surface area contributed by atoms with E-state index < -0.39 is 11.8 Å². The van der Waals surface area contributed by atoms with E-state index in [0.717, 1.165) is 49.9 Å². The van der Waals surface area contributed by atoms with Gasteiger partial charge >= 0.3 is 0 Å². The Labute approximate surface area is 243 Å². The molecule has 2 aliphatic rings. The number of nitrogens with one attached hydrogen (secondary N) is 2. The first-order valence-electron chi connectivity index (χ1n) is 13.9. The maximum absolute atomic E-state index is 13.7. The summed E-state index contributed by atoms with van der Waals surface area (Å²) < 4.78 is 5.68. The van der Waals surface area contributed by atoms with E-state index >= 15 is 0 Å². The summed E-state index contributed by atoms with van der Waals surface area (Å²) in [6.07, 6.45) is 3.96. The fourth-order valence-electron chi connectivity index (χ4n) is 5.33. The third-order valence-corrected chi connectivity index (χ3v) is 7.74. The van der Waals surface area contributed by atoms with E-state index in [4.69, 9.17) is 16.0 Å². The molecule has 41 heavy (non-hydrogen) atoms. The van der Waals surface area contributed by atoms with Crippen LogP contribution < -0.4 is 10.6 Å². The topological polar surface area (TPSA) is 119 Å². The quantitative estimate of drug-likeness (QED) is 0.221. The van der Waals surface area contributed by atoms with Crippen molar-refractivity contribution in [2.24, 2.45) is 0 Å². The van der Waals surface area contributed by atoms with Crippen LogP contribution in [0.25, 0.3) is 11.0 Å². The van der Waals surface area contributed by atoms with Gasteiger partial charge in [-0.3, -0.25) is 14.4 Å². The van der Waals surface area contributed by atoms with Crippen molar-refractivity contribution in [2.45, 2.75) is 45.1 Å². The molecule has 2 saturated heterocycles. The van der Waals surface area contributed by atoms with Gasteiger partial charge in [0.1, 0.15) is 34.8 Å². The number of fused-ring (bicyclic) bond motifs is 1. The number of halogens is 1. The molecule has 0 saturated carbocycles. The van der Waals surface area contributed by atoms with Crippen LogP contribution >= 0.6 is 11.6 Å². The lowest BCUT2D eigenvalue weighted by molar-refractivity contribution is -0.140. The smallest absolute Gasteiger partial charge is 0.245 e. The molecule has 1 atom stereocenters. The lowest BCUT2D eigenvalue weighted by Crippen LogP contribution is -2.49. The number of carbonyl (C=O) groups is 3. The van der Waals surface area contributed by atoms with Crippen molar-refractivity contribution in [3.05, 3.63) is 76.3 Å². The molecule has 0 aliphatic carbocycles. The minimum Gasteiger partial charge on any atom is -0.461 e. The number of nitrogens with zero attached hydrogens (tertiary/aromatic N) is 3. The largest absolute Gasteiger partial charge is 0.461 e. The molecule has 2 fully saturated rings. The normalized spacial score (nSPS) is 18.1. The molecule has 2 aromatic carbocycles. The molecular formula is C31H32ClN5O4. The highest BCUT2D eigenvalue weighted by Crippen LogP contribution is 2.25. The van der Waals surface area contributed by atoms with Crippen LogP contribution in [0.1, 0.15) is 48.2 Å². The summed E-state index contributed by atoms with van der Waals surface area (Å²) in [7, 11) is 0. The number of aryl methyl sites for hydroxylation is 1. The Morgan fingerprint density at radius 3 is 2.51 bits per heavy atom. The van der Waals surface area contributed by atoms with Gasteiger partial charge in [-0.2, -0.15) is 5.26 Å². The van der Waals surface area contributed by atoms with Crippen LogP contribution in [-0.4, -0.2) is 59.6 Å². The number of likely N-dealkylation sites (tertiary alicyclic amines) is 2. The van der Waals surface area contributed by atoms with Gasteiger partial charge in [-0.25, -0.2) is 0 Å². The molecule has 2 aliphatic heterocycles. The van der Waals surface area contributed by atoms with Crippen molar-refractivity contribution < 1.29 is 18.8 Å². The molecule has 1 aromatic heterocycles. The zero-order valence-corrected chi connectivity index (χ0v) is 23.7. The second-order valence-electron chi connectivity index (χ2n) is 10.5. The highest BCUT2D eigenvalue weighted by atomic mass is 35.5. The van der Waals surface area contributed by atoms with Gasteiger partial charge in [0.25, 0.3) is 0 Å². The Kier molecular flexibility index (Phi) is 8.60. The number of anilines is 1. The molecule has 212 valence electrons. The lowest BCUT2D eigenvalue weighted by atomic mass is 10.0. The maximum atomic E-state index is 13.7. The Hall–Kier alpha value is -4.29. The van der Waals surface area contributed by atoms with Crippen LogP contribution in [0.15, 0.2) is 64.3 Å². The molecular weight excluding hydrogens is 542 g/mol. The molecule has 0 bridgehead atoms. The fraction of sp³-hybridized carbons (Fsp3) is 0.355. The van der Waals surface area contributed by atoms with Crippen molar-refractivity contribution >= 4 is 45.9 Å². The second kappa shape index (κ2) is 12.5. The fourth-order valence-corrected chi connectivity index (χ4v) is 5.46. The van der Waals surface area contributed by atoms with Crippen molar-refractivity contribution in [2.75, 3.05) is 31.5 Å². The number of nitriles is 1. The summed E-state index contributed by atoms with van der Waals surface area (Å²) >= 11 is 6.01. The average Bonchev–Trinajstić information content (AvgIpc) is 3.59. The Morgan fingerprint density at radius 2 is 1.78 bits per heavy atom. The van der Waals surface area contributed by atoms with Crippen LogP contribution in [0, 0.1) is 18.3 Å². The SMILES string of the molecule is Cc1cc2cc(N/C(N[C@H]3CCCCN(CC(=O)N4CCCC4)C3=O)=C(\C#N)C(=O)c3ccc(Cl)cc3)ccc2o1. The number of carbonyl (C=O) groups excluding carboxylic acids is 3. The number of amides is 2. The van der Waals surface area contributed by atoms with Gasteiger partial charge in [-0.05, 0) is 87.6 Å². The van der Waals surface area contributed by atoms with Gasteiger partial charge in [-0.1, -0.05) is 11.6 Å². The van der Waals surface area contributed by atoms with E-state index in [9.17, 15) is 19.6 Å². The highest BCUT2D eigenvalue weighted by Gasteiger charge is 2.31. The first-order valence-corrected chi connectivity index (χ1v) is 14.2. The van der Waals surface area contributed by atoms with Crippen LogP contribution in [0.3, 0.4) is 0 Å². The van der Waals surface area contributed by atoms with E-state index in [-0.39, 0.29) is 35.3 Å². The Morgan fingerprint density at radius 1 is 1.05 bits per heavy atom. The first-order chi connectivity index (χ1) is 19.8. The Balaban J connectivity index is 1.46. The number of hydrogen-bond acceptors (Lipinski definition) is 7. The van der Waals surface area contributed by atoms with Crippen molar-refractivity contribution in [1.82, 2.24) is 15.1 Å². The van der Waals surface area contributed by atoms with E-state index in [2.05, 4.69) is 10.6 Å². The zero-order valence-electron chi connectivity index (χ0n) is 22.9. The van der Waals surface area contributed by atoms with Gasteiger partial charge in [0, 0.05) is 41.3 Å². The van der Waals surface area contributed by atoms with Gasteiger partial charge in [0.15, 0.2) is 0 Å². The van der Waals surface area contributed by atoms with Gasteiger partial charge in [0.05, 0.1) is 6.54 Å². The number of benzene rings is 2. The lowest BCUT2D eigenvalue weighted by Gasteiger charge is -2.28. The summed E-state index contributed by atoms with van der Waals surface area (Å²) in [5, 5.41) is 17.9. The van der Waals surface area contributed by atoms with Gasteiger partial charge in [-0.15, -0.1) is 0 Å². The maximum Gasteiger partial charge on any atom is 0.245 e. The molecule has 0 radical (unpaired) electrons. The highest BCUT2D eigenvalue weighted by molar-refractivity contribution is 6.30. The summed E-state index contributed by atoms with van der Waals surface area (Å²) in [4.78, 5) is 43.5. The minimum atomic E-state index is -0.729. The monoisotopic (exact) mass is 573 g/mol. The molecule has 0 spiro atoms. The molecule has 2 N–H and O–H groups in total. The van der Waals surface area contributed by atoms with E-state index in [1.165, 1.54) is 0 Å². The molecule has 3 heterocycles. The van der Waals surface area contributed by atoms with Gasteiger partial charge in [0.2, 0.25) is 17.6 Å². The molecule has 5 rings (SSSR count). The predicted octanol–water partition coefficient (Wildman–Crippen LogP) is 5.02. The number of rotatable bonds is 8. The summed E-state index contributed by atoms with van der Waals surface area (Å²) in [5.41, 5.74) is 1.44. The Bertz CT molecular complexity index is 1530. The third-order valence-electron chi connectivity index (χ3n) is 7.49. The number of hydrogen-bond donors (Lipinski definition) is 2. The van der Waals surface area contributed by atoms with Crippen molar-refractivity contribution in [3.63, 3.8) is 0 Å². The van der Waals surface area contributed by atoms with Crippen LogP contribution in [0.2, 0.25) is 5.02 Å². The third kappa shape index (κ3) is 6.55. The molecule has 0 unspecified atom stereocenters. The molecule has 10 heteroatoms. The second-order valence-corrected chi connectivity index (χ2v) is 10.9. The number of allylic oxidation sites excluding steroid dienone is 1. The minimum absolute atomic E-state index is 0.0226. The zero-order chi connectivity index (χ0) is 28.9. The summed E-state index contributed by atoms with van der Waals surface area (Å²) in [5.74, 6) is 0.0881. The van der Waals surface area contributed by atoms with Crippen molar-refractivity contribution in [1.29, 1.82) is 5.26 Å². The van der Waals surface area contributed by atoms with Gasteiger partial charge < -0.3 is 24.9 Å². The summed E-state index contributed by atoms with van der Waals surface area (Å²) in [6.45, 7) is 3.80. The van der Waals surface area contributed by atoms with E-state index in [1.54, 1.807) is 46.2 Å². The van der Waals surface area contributed by atoms with Crippen molar-refractivity contribution in [3.8, 4) is 6.07 Å². The van der Waals surface area contributed by atoms with E-state index in [0.29, 0.717) is 29.3 Å². The first kappa shape index (κ1) is 28.2. The number of ketones is 1. The molecule has 3 aromatic rings. The van der Waals surface area contributed by atoms with Crippen LogP contribution in [-0.2, 0) is 9.59 Å².